The quantitative estimate of drug-likeness (QED) is 0.614. The molecule has 0 saturated carbocycles. The molecule has 0 saturated heterocycles. The minimum atomic E-state index is 0.701. The van der Waals surface area contributed by atoms with Gasteiger partial charge >= 0.3 is 0 Å². The minimum Gasteiger partial charge on any atom is -0.330 e. The summed E-state index contributed by atoms with van der Waals surface area (Å²) < 4.78 is 0. The first-order valence-corrected chi connectivity index (χ1v) is 4.11. The Labute approximate surface area is 66.7 Å². The third kappa shape index (κ3) is 4.41. The average molecular weight is 155 g/mol. The van der Waals surface area contributed by atoms with Gasteiger partial charge in [-0.2, -0.15) is 0 Å². The van der Waals surface area contributed by atoms with Gasteiger partial charge in [-0.3, -0.25) is 0 Å². The van der Waals surface area contributed by atoms with Gasteiger partial charge in [0.1, 0.15) is 0 Å². The largest absolute Gasteiger partial charge is 0.330 e. The fourth-order valence-electron chi connectivity index (χ4n) is 0.468. The summed E-state index contributed by atoms with van der Waals surface area (Å²) in [5.41, 5.74) is 5.32. The minimum absolute atomic E-state index is 0.701. The molecule has 0 aliphatic rings. The molecule has 2 heteroatoms. The van der Waals surface area contributed by atoms with Gasteiger partial charge in [-0.25, -0.2) is 0 Å². The molecule has 0 heterocycles. The van der Waals surface area contributed by atoms with E-state index in [0.29, 0.717) is 6.54 Å². The van der Waals surface area contributed by atoms with E-state index in [0.717, 1.165) is 10.7 Å². The van der Waals surface area contributed by atoms with E-state index in [9.17, 15) is 0 Å². The van der Waals surface area contributed by atoms with Gasteiger partial charge in [-0.1, -0.05) is 25.3 Å². The van der Waals surface area contributed by atoms with Gasteiger partial charge in [0.25, 0.3) is 0 Å². The van der Waals surface area contributed by atoms with Crippen molar-refractivity contribution >= 4 is 11.8 Å². The lowest BCUT2D eigenvalue weighted by Crippen LogP contribution is -2.00. The van der Waals surface area contributed by atoms with Crippen molar-refractivity contribution in [3.8, 4) is 0 Å². The highest BCUT2D eigenvalue weighted by Crippen LogP contribution is 2.14. The molecule has 0 atom stereocenters. The highest BCUT2D eigenvalue weighted by molar-refractivity contribution is 8.03. The SMILES string of the molecule is C=C/C=C(\C=C)SCCN. The number of thioether (sulfide) groups is 1. The van der Waals surface area contributed by atoms with Crippen molar-refractivity contribution in [2.45, 2.75) is 0 Å². The molecule has 0 aliphatic carbocycles. The van der Waals surface area contributed by atoms with Crippen LogP contribution < -0.4 is 5.73 Å². The Hall–Kier alpha value is -0.470. The Bertz CT molecular complexity index is 138. The maximum Gasteiger partial charge on any atom is 0.0103 e. The Balaban J connectivity index is 3.70. The van der Waals surface area contributed by atoms with E-state index in [2.05, 4.69) is 13.2 Å². The van der Waals surface area contributed by atoms with Crippen molar-refractivity contribution in [3.05, 3.63) is 36.3 Å². The van der Waals surface area contributed by atoms with E-state index in [4.69, 9.17) is 5.73 Å². The number of hydrogen-bond acceptors (Lipinski definition) is 2. The van der Waals surface area contributed by atoms with E-state index in [1.54, 1.807) is 17.8 Å². The van der Waals surface area contributed by atoms with Crippen LogP contribution in [-0.4, -0.2) is 12.3 Å². The fourth-order valence-corrected chi connectivity index (χ4v) is 1.13. The molecule has 0 aromatic rings. The molecule has 0 bridgehead atoms. The van der Waals surface area contributed by atoms with E-state index in [-0.39, 0.29) is 0 Å². The molecule has 56 valence electrons. The first-order chi connectivity index (χ1) is 4.85. The molecule has 0 aliphatic heterocycles. The van der Waals surface area contributed by atoms with Crippen LogP contribution in [0.15, 0.2) is 36.3 Å². The first-order valence-electron chi connectivity index (χ1n) is 3.13. The predicted molar refractivity (Wildman–Crippen MR) is 50.0 cm³/mol. The zero-order valence-corrected chi connectivity index (χ0v) is 6.86. The van der Waals surface area contributed by atoms with Crippen LogP contribution >= 0.6 is 11.8 Å². The highest BCUT2D eigenvalue weighted by Gasteiger charge is 1.87. The summed E-state index contributed by atoms with van der Waals surface area (Å²) in [5.74, 6) is 0.936. The molecule has 0 fully saturated rings. The molecule has 0 aromatic carbocycles. The molecule has 0 amide bonds. The molecule has 1 nitrogen and oxygen atoms in total. The van der Waals surface area contributed by atoms with Crippen molar-refractivity contribution in [1.29, 1.82) is 0 Å². The van der Waals surface area contributed by atoms with E-state index >= 15 is 0 Å². The summed E-state index contributed by atoms with van der Waals surface area (Å²) in [5, 5.41) is 0. The Morgan fingerprint density at radius 1 is 1.50 bits per heavy atom. The summed E-state index contributed by atoms with van der Waals surface area (Å²) >= 11 is 1.69. The van der Waals surface area contributed by atoms with Crippen LogP contribution in [-0.2, 0) is 0 Å². The average Bonchev–Trinajstić information content (AvgIpc) is 1.98. The molecule has 2 N–H and O–H groups in total. The number of nitrogens with two attached hydrogens (primary N) is 1. The third-order valence-corrected chi connectivity index (χ3v) is 1.95. The summed E-state index contributed by atoms with van der Waals surface area (Å²) in [6.07, 6.45) is 5.48. The second-order valence-corrected chi connectivity index (χ2v) is 2.81. The standard InChI is InChI=1S/C8H13NS/c1-3-5-8(4-2)10-7-6-9/h3-5H,1-2,6-7,9H2/b8-5+. The summed E-state index contributed by atoms with van der Waals surface area (Å²) in [4.78, 5) is 1.13. The summed E-state index contributed by atoms with van der Waals surface area (Å²) in [6, 6.07) is 0. The van der Waals surface area contributed by atoms with Crippen molar-refractivity contribution in [1.82, 2.24) is 0 Å². The lowest BCUT2D eigenvalue weighted by molar-refractivity contribution is 1.15. The lowest BCUT2D eigenvalue weighted by atomic mass is 10.5. The zero-order valence-electron chi connectivity index (χ0n) is 6.05. The van der Waals surface area contributed by atoms with Crippen LogP contribution in [0.4, 0.5) is 0 Å². The first kappa shape index (κ1) is 9.53. The van der Waals surface area contributed by atoms with Crippen molar-refractivity contribution in [3.63, 3.8) is 0 Å². The van der Waals surface area contributed by atoms with Gasteiger partial charge in [-0.15, -0.1) is 11.8 Å². The van der Waals surface area contributed by atoms with Crippen LogP contribution in [0.1, 0.15) is 0 Å². The molecule has 10 heavy (non-hydrogen) atoms. The third-order valence-electron chi connectivity index (χ3n) is 0.870. The van der Waals surface area contributed by atoms with Gasteiger partial charge in [0.2, 0.25) is 0 Å². The molecule has 0 aromatic heterocycles. The number of allylic oxidation sites excluding steroid dienone is 3. The Morgan fingerprint density at radius 2 is 2.20 bits per heavy atom. The van der Waals surface area contributed by atoms with Gasteiger partial charge in [0.05, 0.1) is 0 Å². The lowest BCUT2D eigenvalue weighted by Gasteiger charge is -1.96. The van der Waals surface area contributed by atoms with Crippen LogP contribution in [0.5, 0.6) is 0 Å². The highest BCUT2D eigenvalue weighted by atomic mass is 32.2. The number of rotatable bonds is 5. The summed E-state index contributed by atoms with van der Waals surface area (Å²) in [6.45, 7) is 7.94. The van der Waals surface area contributed by atoms with Gasteiger partial charge in [0.15, 0.2) is 0 Å². The Morgan fingerprint density at radius 3 is 2.60 bits per heavy atom. The second-order valence-electron chi connectivity index (χ2n) is 1.65. The topological polar surface area (TPSA) is 26.0 Å². The Kier molecular flexibility index (Phi) is 6.33. The van der Waals surface area contributed by atoms with Crippen LogP contribution in [0.2, 0.25) is 0 Å². The van der Waals surface area contributed by atoms with Crippen LogP contribution in [0.25, 0.3) is 0 Å². The molecule has 0 rings (SSSR count). The summed E-state index contributed by atoms with van der Waals surface area (Å²) in [7, 11) is 0. The van der Waals surface area contributed by atoms with E-state index < -0.39 is 0 Å². The normalized spacial score (nSPS) is 11.1. The fraction of sp³-hybridized carbons (Fsp3) is 0.250. The van der Waals surface area contributed by atoms with Gasteiger partial charge in [-0.05, 0) is 6.08 Å². The smallest absolute Gasteiger partial charge is 0.0103 e. The van der Waals surface area contributed by atoms with Crippen molar-refractivity contribution in [2.24, 2.45) is 5.73 Å². The molecule has 0 unspecified atom stereocenters. The zero-order chi connectivity index (χ0) is 7.82. The monoisotopic (exact) mass is 155 g/mol. The van der Waals surface area contributed by atoms with Gasteiger partial charge in [0, 0.05) is 17.2 Å². The number of hydrogen-bond donors (Lipinski definition) is 1. The van der Waals surface area contributed by atoms with Crippen LogP contribution in [0, 0.1) is 0 Å². The molecular weight excluding hydrogens is 142 g/mol. The molecule has 0 radical (unpaired) electrons. The molecular formula is C8H13NS. The maximum atomic E-state index is 5.32. The maximum absolute atomic E-state index is 5.32. The predicted octanol–water partition coefficient (Wildman–Crippen LogP) is 1.93. The molecule has 0 spiro atoms. The van der Waals surface area contributed by atoms with Gasteiger partial charge < -0.3 is 5.73 Å². The van der Waals surface area contributed by atoms with Crippen molar-refractivity contribution in [2.75, 3.05) is 12.3 Å². The van der Waals surface area contributed by atoms with Crippen LogP contribution in [0.3, 0.4) is 0 Å². The van der Waals surface area contributed by atoms with E-state index in [1.165, 1.54) is 0 Å². The van der Waals surface area contributed by atoms with Crippen molar-refractivity contribution < 1.29 is 0 Å². The second kappa shape index (κ2) is 6.65. The van der Waals surface area contributed by atoms with E-state index in [1.807, 2.05) is 12.2 Å².